The molecule has 1 aromatic carbocycles. The molecular weight excluding hydrogens is 250 g/mol. The van der Waals surface area contributed by atoms with Crippen molar-refractivity contribution in [1.82, 2.24) is 14.8 Å². The number of nitrogens with zero attached hydrogens (tertiary/aromatic N) is 3. The van der Waals surface area contributed by atoms with Crippen LogP contribution in [0, 0.1) is 12.3 Å². The number of hydrogen-bond acceptors (Lipinski definition) is 3. The number of benzene rings is 1. The lowest BCUT2D eigenvalue weighted by Crippen LogP contribution is -2.24. The van der Waals surface area contributed by atoms with Crippen LogP contribution in [0.25, 0.3) is 11.8 Å². The van der Waals surface area contributed by atoms with Crippen molar-refractivity contribution in [2.75, 3.05) is 0 Å². The summed E-state index contributed by atoms with van der Waals surface area (Å²) < 4.78 is 1.52. The molecule has 4 heteroatoms. The highest BCUT2D eigenvalue weighted by atomic mass is 16.1. The average Bonchev–Trinajstić information content (AvgIpc) is 2.90. The minimum atomic E-state index is -0.470. The molecule has 0 N–H and O–H groups in total. The number of aromatic nitrogens is 3. The Morgan fingerprint density at radius 1 is 1.20 bits per heavy atom. The van der Waals surface area contributed by atoms with Crippen molar-refractivity contribution in [3.05, 3.63) is 48.0 Å². The van der Waals surface area contributed by atoms with E-state index in [2.05, 4.69) is 10.1 Å². The quantitative estimate of drug-likeness (QED) is 0.804. The summed E-state index contributed by atoms with van der Waals surface area (Å²) in [5, 5.41) is 4.08. The lowest BCUT2D eigenvalue weighted by Gasteiger charge is -2.18. The van der Waals surface area contributed by atoms with Gasteiger partial charge in [0.1, 0.15) is 18.4 Å². The zero-order chi connectivity index (χ0) is 14.8. The van der Waals surface area contributed by atoms with Crippen LogP contribution in [-0.4, -0.2) is 20.5 Å². The number of hydrogen-bond donors (Lipinski definition) is 0. The summed E-state index contributed by atoms with van der Waals surface area (Å²) in [6, 6.07) is 8.02. The van der Waals surface area contributed by atoms with Gasteiger partial charge < -0.3 is 0 Å². The molecule has 104 valence electrons. The normalized spacial score (nSPS) is 12.5. The minimum Gasteiger partial charge on any atom is -0.292 e. The Morgan fingerprint density at radius 3 is 2.35 bits per heavy atom. The minimum absolute atomic E-state index is 0.0311. The fourth-order valence-electron chi connectivity index (χ4n) is 1.77. The lowest BCUT2D eigenvalue weighted by molar-refractivity contribution is -0.120. The van der Waals surface area contributed by atoms with Crippen LogP contribution in [0.5, 0.6) is 0 Å². The molecule has 1 heterocycles. The number of Topliss-reactive ketones (excluding diaryl/α,β-unsaturated/α-hetero) is 1. The van der Waals surface area contributed by atoms with Crippen LogP contribution in [0.3, 0.4) is 0 Å². The molecule has 0 aliphatic carbocycles. The maximum absolute atomic E-state index is 12.6. The summed E-state index contributed by atoms with van der Waals surface area (Å²) >= 11 is 0. The van der Waals surface area contributed by atoms with Gasteiger partial charge in [0.05, 0.1) is 0 Å². The molecule has 0 spiro atoms. The fraction of sp³-hybridized carbons (Fsp3) is 0.312. The first-order valence-electron chi connectivity index (χ1n) is 6.56. The van der Waals surface area contributed by atoms with Gasteiger partial charge in [0.15, 0.2) is 5.78 Å². The number of carbonyl (C=O) groups excluding carboxylic acids is 1. The van der Waals surface area contributed by atoms with Crippen LogP contribution >= 0.6 is 0 Å². The second-order valence-electron chi connectivity index (χ2n) is 5.86. The molecule has 0 saturated carbocycles. The summed E-state index contributed by atoms with van der Waals surface area (Å²) in [6.45, 7) is 7.73. The maximum atomic E-state index is 12.6. The molecule has 0 amide bonds. The molecule has 0 aliphatic heterocycles. The topological polar surface area (TPSA) is 47.8 Å². The third kappa shape index (κ3) is 3.20. The monoisotopic (exact) mass is 269 g/mol. The highest BCUT2D eigenvalue weighted by Crippen LogP contribution is 2.24. The van der Waals surface area contributed by atoms with Crippen molar-refractivity contribution >= 4 is 17.6 Å². The SMILES string of the molecule is Cc1ccc(/C=C(\C(=O)C(C)(C)C)n2cncn2)cc1. The van der Waals surface area contributed by atoms with Crippen LogP contribution in [0.2, 0.25) is 0 Å². The van der Waals surface area contributed by atoms with Gasteiger partial charge in [-0.05, 0) is 18.6 Å². The van der Waals surface area contributed by atoms with Crippen molar-refractivity contribution in [3.8, 4) is 0 Å². The molecule has 20 heavy (non-hydrogen) atoms. The van der Waals surface area contributed by atoms with Gasteiger partial charge in [-0.3, -0.25) is 4.79 Å². The molecule has 0 bridgehead atoms. The van der Waals surface area contributed by atoms with Gasteiger partial charge in [-0.1, -0.05) is 50.6 Å². The van der Waals surface area contributed by atoms with Gasteiger partial charge in [0.25, 0.3) is 0 Å². The van der Waals surface area contributed by atoms with E-state index in [4.69, 9.17) is 0 Å². The molecule has 4 nitrogen and oxygen atoms in total. The van der Waals surface area contributed by atoms with Gasteiger partial charge in [-0.25, -0.2) is 9.67 Å². The number of allylic oxidation sites excluding steroid dienone is 1. The van der Waals surface area contributed by atoms with Crippen LogP contribution in [0.4, 0.5) is 0 Å². The van der Waals surface area contributed by atoms with E-state index in [1.807, 2.05) is 58.0 Å². The van der Waals surface area contributed by atoms with E-state index in [1.165, 1.54) is 16.6 Å². The van der Waals surface area contributed by atoms with Gasteiger partial charge >= 0.3 is 0 Å². The fourth-order valence-corrected chi connectivity index (χ4v) is 1.77. The van der Waals surface area contributed by atoms with E-state index < -0.39 is 5.41 Å². The molecule has 2 aromatic rings. The highest BCUT2D eigenvalue weighted by molar-refractivity contribution is 6.21. The Kier molecular flexibility index (Phi) is 3.84. The molecule has 2 rings (SSSR count). The van der Waals surface area contributed by atoms with Crippen LogP contribution < -0.4 is 0 Å². The molecule has 0 unspecified atom stereocenters. The van der Waals surface area contributed by atoms with E-state index in [1.54, 1.807) is 6.33 Å². The van der Waals surface area contributed by atoms with Gasteiger partial charge in [-0.15, -0.1) is 0 Å². The first kappa shape index (κ1) is 14.2. The van der Waals surface area contributed by atoms with Crippen LogP contribution in [0.15, 0.2) is 36.9 Å². The Balaban J connectivity index is 2.47. The number of carbonyl (C=O) groups is 1. The first-order chi connectivity index (χ1) is 9.38. The van der Waals surface area contributed by atoms with E-state index in [9.17, 15) is 4.79 Å². The van der Waals surface area contributed by atoms with Gasteiger partial charge in [0, 0.05) is 5.41 Å². The standard InChI is InChI=1S/C16H19N3O/c1-12-5-7-13(8-6-12)9-14(15(20)16(2,3)4)19-11-17-10-18-19/h5-11H,1-4H3/b14-9+. The van der Waals surface area contributed by atoms with Gasteiger partial charge in [0.2, 0.25) is 0 Å². The van der Waals surface area contributed by atoms with Crippen LogP contribution in [-0.2, 0) is 4.79 Å². The predicted molar refractivity (Wildman–Crippen MR) is 79.8 cm³/mol. The van der Waals surface area contributed by atoms with Crippen molar-refractivity contribution in [2.45, 2.75) is 27.7 Å². The summed E-state index contributed by atoms with van der Waals surface area (Å²) in [5.74, 6) is 0.0311. The van der Waals surface area contributed by atoms with Crippen molar-refractivity contribution in [3.63, 3.8) is 0 Å². The number of aryl methyl sites for hydroxylation is 1. The molecule has 1 aromatic heterocycles. The Morgan fingerprint density at radius 2 is 1.85 bits per heavy atom. The predicted octanol–water partition coefficient (Wildman–Crippen LogP) is 3.20. The summed E-state index contributed by atoms with van der Waals surface area (Å²) in [5.41, 5.74) is 2.21. The van der Waals surface area contributed by atoms with E-state index in [0.717, 1.165) is 5.56 Å². The van der Waals surface area contributed by atoms with Crippen molar-refractivity contribution in [2.24, 2.45) is 5.41 Å². The molecule has 0 fully saturated rings. The summed E-state index contributed by atoms with van der Waals surface area (Å²) in [4.78, 5) is 16.5. The zero-order valence-corrected chi connectivity index (χ0v) is 12.3. The largest absolute Gasteiger partial charge is 0.292 e. The number of ketones is 1. The van der Waals surface area contributed by atoms with E-state index >= 15 is 0 Å². The first-order valence-corrected chi connectivity index (χ1v) is 6.56. The average molecular weight is 269 g/mol. The zero-order valence-electron chi connectivity index (χ0n) is 12.3. The third-order valence-corrected chi connectivity index (χ3v) is 2.96. The Bertz CT molecular complexity index is 617. The number of rotatable bonds is 3. The molecular formula is C16H19N3O. The smallest absolute Gasteiger partial charge is 0.186 e. The van der Waals surface area contributed by atoms with E-state index in [0.29, 0.717) is 5.70 Å². The van der Waals surface area contributed by atoms with Gasteiger partial charge in [-0.2, -0.15) is 5.10 Å². The lowest BCUT2D eigenvalue weighted by atomic mass is 9.88. The molecule has 0 saturated heterocycles. The van der Waals surface area contributed by atoms with Crippen LogP contribution in [0.1, 0.15) is 31.9 Å². The summed E-state index contributed by atoms with van der Waals surface area (Å²) in [6.07, 6.45) is 4.82. The molecule has 0 aliphatic rings. The third-order valence-electron chi connectivity index (χ3n) is 2.96. The van der Waals surface area contributed by atoms with Crippen molar-refractivity contribution < 1.29 is 4.79 Å². The maximum Gasteiger partial charge on any atom is 0.186 e. The second-order valence-corrected chi connectivity index (χ2v) is 5.86. The van der Waals surface area contributed by atoms with E-state index in [-0.39, 0.29) is 5.78 Å². The summed E-state index contributed by atoms with van der Waals surface area (Å²) in [7, 11) is 0. The Hall–Kier alpha value is -2.23. The highest BCUT2D eigenvalue weighted by Gasteiger charge is 2.26. The Labute approximate surface area is 119 Å². The molecule has 0 radical (unpaired) electrons. The second kappa shape index (κ2) is 5.41. The molecule has 0 atom stereocenters. The van der Waals surface area contributed by atoms with Crippen molar-refractivity contribution in [1.29, 1.82) is 0 Å².